The lowest BCUT2D eigenvalue weighted by molar-refractivity contribution is -0.123. The third-order valence-corrected chi connectivity index (χ3v) is 6.94. The van der Waals surface area contributed by atoms with E-state index in [1.54, 1.807) is 48.5 Å². The van der Waals surface area contributed by atoms with Crippen molar-refractivity contribution >= 4 is 33.4 Å². The zero-order valence-corrected chi connectivity index (χ0v) is 18.0. The molecule has 160 valence electrons. The fourth-order valence-corrected chi connectivity index (χ4v) is 4.58. The number of aryl methyl sites for hydroxylation is 1. The van der Waals surface area contributed by atoms with Crippen molar-refractivity contribution < 1.29 is 18.0 Å². The number of nitrogens with zero attached hydrogens (tertiary/aromatic N) is 2. The van der Waals surface area contributed by atoms with Crippen molar-refractivity contribution in [1.82, 2.24) is 20.1 Å². The summed E-state index contributed by atoms with van der Waals surface area (Å²) < 4.78 is 26.9. The molecule has 2 N–H and O–H groups in total. The van der Waals surface area contributed by atoms with Crippen LogP contribution in [0.3, 0.4) is 0 Å². The molecule has 0 bridgehead atoms. The molecule has 2 aromatic carbocycles. The highest BCUT2D eigenvalue weighted by Gasteiger charge is 2.29. The molecule has 1 aliphatic rings. The number of amides is 2. The summed E-state index contributed by atoms with van der Waals surface area (Å²) in [6, 6.07) is 13.0. The van der Waals surface area contributed by atoms with Gasteiger partial charge in [0.2, 0.25) is 10.0 Å². The van der Waals surface area contributed by atoms with Gasteiger partial charge < -0.3 is 0 Å². The van der Waals surface area contributed by atoms with Crippen LogP contribution in [0.1, 0.15) is 15.9 Å². The second-order valence-electron chi connectivity index (χ2n) is 7.00. The van der Waals surface area contributed by atoms with Crippen LogP contribution in [0, 0.1) is 6.92 Å². The average molecular weight is 451 g/mol. The van der Waals surface area contributed by atoms with E-state index in [0.717, 1.165) is 5.56 Å². The number of piperazine rings is 1. The second kappa shape index (κ2) is 9.57. The summed E-state index contributed by atoms with van der Waals surface area (Å²) >= 11 is 5.78. The van der Waals surface area contributed by atoms with Crippen LogP contribution in [-0.4, -0.2) is 62.2 Å². The van der Waals surface area contributed by atoms with Gasteiger partial charge in [-0.05, 0) is 43.3 Å². The van der Waals surface area contributed by atoms with Gasteiger partial charge in [0.05, 0.1) is 11.4 Å². The summed E-state index contributed by atoms with van der Waals surface area (Å²) in [7, 11) is -3.55. The molecule has 0 aliphatic carbocycles. The van der Waals surface area contributed by atoms with Crippen LogP contribution in [0.5, 0.6) is 0 Å². The van der Waals surface area contributed by atoms with Crippen molar-refractivity contribution in [3.8, 4) is 0 Å². The number of hydrazine groups is 1. The van der Waals surface area contributed by atoms with Gasteiger partial charge in [0.25, 0.3) is 11.8 Å². The highest BCUT2D eigenvalue weighted by molar-refractivity contribution is 7.89. The Morgan fingerprint density at radius 1 is 0.933 bits per heavy atom. The van der Waals surface area contributed by atoms with Gasteiger partial charge in [0.1, 0.15) is 0 Å². The molecule has 8 nitrogen and oxygen atoms in total. The summed E-state index contributed by atoms with van der Waals surface area (Å²) in [5.41, 5.74) is 6.09. The van der Waals surface area contributed by atoms with Crippen LogP contribution in [-0.2, 0) is 14.8 Å². The lowest BCUT2D eigenvalue weighted by Gasteiger charge is -2.33. The quantitative estimate of drug-likeness (QED) is 0.671. The largest absolute Gasteiger partial charge is 0.292 e. The van der Waals surface area contributed by atoms with E-state index < -0.39 is 15.9 Å². The number of sulfonamides is 1. The van der Waals surface area contributed by atoms with Gasteiger partial charge in [-0.15, -0.1) is 0 Å². The molecule has 10 heteroatoms. The predicted octanol–water partition coefficient (Wildman–Crippen LogP) is 1.42. The second-order valence-corrected chi connectivity index (χ2v) is 9.38. The van der Waals surface area contributed by atoms with E-state index in [0.29, 0.717) is 36.8 Å². The molecule has 30 heavy (non-hydrogen) atoms. The molecular weight excluding hydrogens is 428 g/mol. The maximum absolute atomic E-state index is 12.7. The van der Waals surface area contributed by atoms with Crippen molar-refractivity contribution in [2.45, 2.75) is 11.8 Å². The highest BCUT2D eigenvalue weighted by Crippen LogP contribution is 2.18. The van der Waals surface area contributed by atoms with Crippen molar-refractivity contribution in [2.75, 3.05) is 32.7 Å². The fourth-order valence-electron chi connectivity index (χ4n) is 3.03. The first-order valence-corrected chi connectivity index (χ1v) is 11.2. The Balaban J connectivity index is 1.46. The first kappa shape index (κ1) is 22.2. The summed E-state index contributed by atoms with van der Waals surface area (Å²) in [5.74, 6) is -0.832. The number of carbonyl (C=O) groups excluding carboxylic acids is 2. The van der Waals surface area contributed by atoms with Crippen LogP contribution in [0.25, 0.3) is 0 Å². The maximum Gasteiger partial charge on any atom is 0.269 e. The minimum atomic E-state index is -3.55. The molecule has 1 saturated heterocycles. The Morgan fingerprint density at radius 3 is 2.13 bits per heavy atom. The number of rotatable bonds is 5. The summed E-state index contributed by atoms with van der Waals surface area (Å²) in [5, 5.41) is 0.513. The molecule has 1 fully saturated rings. The minimum Gasteiger partial charge on any atom is -0.292 e. The van der Waals surface area contributed by atoms with E-state index in [2.05, 4.69) is 10.9 Å². The lowest BCUT2D eigenvalue weighted by Crippen LogP contribution is -2.52. The molecule has 2 amide bonds. The topological polar surface area (TPSA) is 98.8 Å². The Kier molecular flexibility index (Phi) is 7.09. The van der Waals surface area contributed by atoms with Crippen LogP contribution in [0.4, 0.5) is 0 Å². The van der Waals surface area contributed by atoms with E-state index in [4.69, 9.17) is 11.6 Å². The number of benzene rings is 2. The minimum absolute atomic E-state index is 0.0549. The van der Waals surface area contributed by atoms with Gasteiger partial charge in [0, 0.05) is 36.8 Å². The van der Waals surface area contributed by atoms with Gasteiger partial charge in [0.15, 0.2) is 0 Å². The number of hydrogen-bond donors (Lipinski definition) is 2. The van der Waals surface area contributed by atoms with Gasteiger partial charge >= 0.3 is 0 Å². The van der Waals surface area contributed by atoms with Gasteiger partial charge in [-0.2, -0.15) is 4.31 Å². The molecule has 0 radical (unpaired) electrons. The molecule has 3 rings (SSSR count). The van der Waals surface area contributed by atoms with E-state index >= 15 is 0 Å². The third kappa shape index (κ3) is 5.57. The molecule has 1 heterocycles. The zero-order valence-electron chi connectivity index (χ0n) is 16.5. The molecule has 2 aromatic rings. The Labute approximate surface area is 180 Å². The first-order chi connectivity index (χ1) is 14.3. The van der Waals surface area contributed by atoms with Crippen molar-refractivity contribution in [3.63, 3.8) is 0 Å². The van der Waals surface area contributed by atoms with Crippen LogP contribution < -0.4 is 10.9 Å². The van der Waals surface area contributed by atoms with Gasteiger partial charge in [-0.3, -0.25) is 25.3 Å². The fraction of sp³-hybridized carbons (Fsp3) is 0.300. The SMILES string of the molecule is Cc1ccc(S(=O)(=O)N2CCN(CC(=O)NNC(=O)c3ccc(Cl)cc3)CC2)cc1. The Morgan fingerprint density at radius 2 is 1.53 bits per heavy atom. The molecule has 0 saturated carbocycles. The normalized spacial score (nSPS) is 15.5. The Hall–Kier alpha value is -2.46. The molecule has 0 atom stereocenters. The summed E-state index contributed by atoms with van der Waals surface area (Å²) in [4.78, 5) is 26.2. The van der Waals surface area contributed by atoms with E-state index in [1.807, 2.05) is 11.8 Å². The van der Waals surface area contributed by atoms with Crippen LogP contribution in [0.15, 0.2) is 53.4 Å². The smallest absolute Gasteiger partial charge is 0.269 e. The van der Waals surface area contributed by atoms with Crippen molar-refractivity contribution in [3.05, 3.63) is 64.7 Å². The molecule has 0 aromatic heterocycles. The number of nitrogens with one attached hydrogen (secondary N) is 2. The number of hydrogen-bond acceptors (Lipinski definition) is 5. The summed E-state index contributed by atoms with van der Waals surface area (Å²) in [6.07, 6.45) is 0. The Bertz CT molecular complexity index is 1000. The molecule has 1 aliphatic heterocycles. The van der Waals surface area contributed by atoms with Gasteiger partial charge in [-0.1, -0.05) is 29.3 Å². The van der Waals surface area contributed by atoms with E-state index in [1.165, 1.54) is 4.31 Å². The molecule has 0 unspecified atom stereocenters. The van der Waals surface area contributed by atoms with E-state index in [9.17, 15) is 18.0 Å². The van der Waals surface area contributed by atoms with Crippen molar-refractivity contribution in [1.29, 1.82) is 0 Å². The van der Waals surface area contributed by atoms with E-state index in [-0.39, 0.29) is 17.3 Å². The number of halogens is 1. The van der Waals surface area contributed by atoms with Crippen LogP contribution >= 0.6 is 11.6 Å². The molecular formula is C20H23ClN4O4S. The third-order valence-electron chi connectivity index (χ3n) is 4.78. The van der Waals surface area contributed by atoms with Crippen LogP contribution in [0.2, 0.25) is 5.02 Å². The summed E-state index contributed by atoms with van der Waals surface area (Å²) in [6.45, 7) is 3.38. The number of carbonyl (C=O) groups is 2. The standard InChI is InChI=1S/C20H23ClN4O4S/c1-15-2-8-18(9-3-15)30(28,29)25-12-10-24(11-13-25)14-19(26)22-23-20(27)16-4-6-17(21)7-5-16/h2-9H,10-14H2,1H3,(H,22,26)(H,23,27). The lowest BCUT2D eigenvalue weighted by atomic mass is 10.2. The van der Waals surface area contributed by atoms with Crippen molar-refractivity contribution in [2.24, 2.45) is 0 Å². The highest BCUT2D eigenvalue weighted by atomic mass is 35.5. The average Bonchev–Trinajstić information content (AvgIpc) is 2.73. The monoisotopic (exact) mass is 450 g/mol. The molecule has 0 spiro atoms. The zero-order chi connectivity index (χ0) is 21.7. The maximum atomic E-state index is 12.7. The predicted molar refractivity (Wildman–Crippen MR) is 113 cm³/mol. The first-order valence-electron chi connectivity index (χ1n) is 9.39. The van der Waals surface area contributed by atoms with Gasteiger partial charge in [-0.25, -0.2) is 8.42 Å².